The summed E-state index contributed by atoms with van der Waals surface area (Å²) in [5.41, 5.74) is 0. The van der Waals surface area contributed by atoms with Crippen LogP contribution < -0.4 is 0 Å². The van der Waals surface area contributed by atoms with Crippen molar-refractivity contribution in [1.29, 1.82) is 0 Å². The summed E-state index contributed by atoms with van der Waals surface area (Å²) in [6.45, 7) is 6.29. The molecule has 0 aromatic rings. The molecular weight excluding hydrogens is 304 g/mol. The van der Waals surface area contributed by atoms with Crippen molar-refractivity contribution in [3.63, 3.8) is 0 Å². The highest BCUT2D eigenvalue weighted by Crippen LogP contribution is 2.26. The number of hydrogen-bond donors (Lipinski definition) is 2. The Morgan fingerprint density at radius 1 is 0.958 bits per heavy atom. The molecule has 4 heteroatoms. The Morgan fingerprint density at radius 2 is 1.54 bits per heavy atom. The number of carboxylic acids is 2. The van der Waals surface area contributed by atoms with Crippen molar-refractivity contribution in [3.8, 4) is 0 Å². The third-order valence-corrected chi connectivity index (χ3v) is 4.33. The maximum Gasteiger partial charge on any atom is 0.307 e. The molecule has 2 unspecified atom stereocenters. The fourth-order valence-corrected chi connectivity index (χ4v) is 3.02. The number of aliphatic carboxylic acids is 2. The average Bonchev–Trinajstić information content (AvgIpc) is 2.49. The molecule has 0 aliphatic heterocycles. The van der Waals surface area contributed by atoms with Crippen LogP contribution >= 0.6 is 0 Å². The second kappa shape index (κ2) is 14.1. The summed E-state index contributed by atoms with van der Waals surface area (Å²) >= 11 is 0. The van der Waals surface area contributed by atoms with Crippen molar-refractivity contribution >= 4 is 11.9 Å². The maximum atomic E-state index is 11.4. The molecule has 0 spiro atoms. The monoisotopic (exact) mass is 340 g/mol. The van der Waals surface area contributed by atoms with E-state index in [4.69, 9.17) is 5.11 Å². The predicted molar refractivity (Wildman–Crippen MR) is 98.1 cm³/mol. The predicted octanol–water partition coefficient (Wildman–Crippen LogP) is 5.52. The largest absolute Gasteiger partial charge is 0.481 e. The van der Waals surface area contributed by atoms with Crippen molar-refractivity contribution in [2.75, 3.05) is 0 Å². The number of carboxylic acid groups (broad SMARTS) is 2. The van der Waals surface area contributed by atoms with E-state index in [-0.39, 0.29) is 12.3 Å². The zero-order valence-electron chi connectivity index (χ0n) is 15.7. The van der Waals surface area contributed by atoms with Gasteiger partial charge in [-0.2, -0.15) is 0 Å². The normalized spacial score (nSPS) is 14.2. The highest BCUT2D eigenvalue weighted by atomic mass is 16.4. The molecule has 0 aromatic carbocycles. The number of unbranched alkanes of at least 4 members (excludes halogenated alkanes) is 7. The van der Waals surface area contributed by atoms with Crippen molar-refractivity contribution in [3.05, 3.63) is 12.2 Å². The zero-order chi connectivity index (χ0) is 18.4. The van der Waals surface area contributed by atoms with Crippen LogP contribution in [0.4, 0.5) is 0 Å². The molecule has 2 N–H and O–H groups in total. The van der Waals surface area contributed by atoms with Crippen LogP contribution in [0.2, 0.25) is 0 Å². The lowest BCUT2D eigenvalue weighted by molar-refractivity contribution is -0.149. The Morgan fingerprint density at radius 3 is 2.04 bits per heavy atom. The lowest BCUT2D eigenvalue weighted by Gasteiger charge is -2.21. The van der Waals surface area contributed by atoms with Crippen LogP contribution in [-0.2, 0) is 9.59 Å². The van der Waals surface area contributed by atoms with Gasteiger partial charge in [0.25, 0.3) is 0 Å². The molecule has 0 aliphatic carbocycles. The number of allylic oxidation sites excluding steroid dienone is 2. The minimum absolute atomic E-state index is 0.205. The van der Waals surface area contributed by atoms with Crippen LogP contribution in [-0.4, -0.2) is 22.2 Å². The van der Waals surface area contributed by atoms with Crippen molar-refractivity contribution in [1.82, 2.24) is 0 Å². The van der Waals surface area contributed by atoms with E-state index in [1.165, 1.54) is 38.5 Å². The van der Waals surface area contributed by atoms with Gasteiger partial charge < -0.3 is 10.2 Å². The van der Waals surface area contributed by atoms with E-state index < -0.39 is 17.9 Å². The molecule has 0 fully saturated rings. The molecule has 0 heterocycles. The Bertz CT molecular complexity index is 374. The topological polar surface area (TPSA) is 74.6 Å². The van der Waals surface area contributed by atoms with Crippen LogP contribution in [0.5, 0.6) is 0 Å². The van der Waals surface area contributed by atoms with Gasteiger partial charge in [0.1, 0.15) is 0 Å². The van der Waals surface area contributed by atoms with Crippen LogP contribution in [0, 0.1) is 17.8 Å². The van der Waals surface area contributed by atoms with Gasteiger partial charge in [0.15, 0.2) is 0 Å². The molecule has 24 heavy (non-hydrogen) atoms. The summed E-state index contributed by atoms with van der Waals surface area (Å²) in [7, 11) is 0. The first-order chi connectivity index (χ1) is 11.4. The quantitative estimate of drug-likeness (QED) is 0.304. The molecule has 0 aliphatic rings. The van der Waals surface area contributed by atoms with Gasteiger partial charge in [-0.15, -0.1) is 0 Å². The molecule has 140 valence electrons. The van der Waals surface area contributed by atoms with E-state index in [2.05, 4.69) is 13.0 Å². The van der Waals surface area contributed by atoms with E-state index in [1.54, 1.807) is 0 Å². The molecular formula is C20H36O4. The Hall–Kier alpha value is -1.32. The van der Waals surface area contributed by atoms with Gasteiger partial charge >= 0.3 is 11.9 Å². The maximum absolute atomic E-state index is 11.4. The van der Waals surface area contributed by atoms with Gasteiger partial charge in [0, 0.05) is 0 Å². The first kappa shape index (κ1) is 22.7. The lowest BCUT2D eigenvalue weighted by Crippen LogP contribution is -2.26. The summed E-state index contributed by atoms with van der Waals surface area (Å²) < 4.78 is 0. The van der Waals surface area contributed by atoms with E-state index in [1.807, 2.05) is 19.9 Å². The standard InChI is InChI=1S/C20H36O4/c1-4-5-6-7-8-9-10-11-12-13-17(14-16(2)3)18(20(23)24)15-19(21)22/h12-13,16-18H,4-11,14-15H2,1-3H3,(H,21,22)(H,23,24)/b13-12+. The fraction of sp³-hybridized carbons (Fsp3) is 0.800. The van der Waals surface area contributed by atoms with Gasteiger partial charge in [-0.1, -0.05) is 71.4 Å². The van der Waals surface area contributed by atoms with E-state index >= 15 is 0 Å². The van der Waals surface area contributed by atoms with Gasteiger partial charge in [-0.25, -0.2) is 0 Å². The number of carbonyl (C=O) groups is 2. The first-order valence-electron chi connectivity index (χ1n) is 9.49. The molecule has 0 saturated carbocycles. The molecule has 0 radical (unpaired) electrons. The molecule has 0 rings (SSSR count). The molecule has 0 bridgehead atoms. The van der Waals surface area contributed by atoms with E-state index in [9.17, 15) is 14.7 Å². The van der Waals surface area contributed by atoms with Gasteiger partial charge in [-0.3, -0.25) is 9.59 Å². The van der Waals surface area contributed by atoms with Gasteiger partial charge in [-0.05, 0) is 31.1 Å². The lowest BCUT2D eigenvalue weighted by atomic mass is 9.83. The second-order valence-corrected chi connectivity index (χ2v) is 7.17. The van der Waals surface area contributed by atoms with Crippen molar-refractivity contribution < 1.29 is 19.8 Å². The Balaban J connectivity index is 4.34. The van der Waals surface area contributed by atoms with E-state index in [0.717, 1.165) is 12.8 Å². The molecule has 0 saturated heterocycles. The summed E-state index contributed by atoms with van der Waals surface area (Å²) in [6, 6.07) is 0. The highest BCUT2D eigenvalue weighted by Gasteiger charge is 2.29. The smallest absolute Gasteiger partial charge is 0.307 e. The second-order valence-electron chi connectivity index (χ2n) is 7.17. The first-order valence-corrected chi connectivity index (χ1v) is 9.49. The summed E-state index contributed by atoms with van der Waals surface area (Å²) in [6.07, 6.45) is 14.1. The van der Waals surface area contributed by atoms with Crippen LogP contribution in [0.3, 0.4) is 0 Å². The number of hydrogen-bond acceptors (Lipinski definition) is 2. The highest BCUT2D eigenvalue weighted by molar-refractivity contribution is 5.78. The fourth-order valence-electron chi connectivity index (χ4n) is 3.02. The third-order valence-electron chi connectivity index (χ3n) is 4.33. The summed E-state index contributed by atoms with van der Waals surface area (Å²) in [5.74, 6) is -2.76. The average molecular weight is 341 g/mol. The Labute approximate surface area is 147 Å². The van der Waals surface area contributed by atoms with Crippen molar-refractivity contribution in [2.45, 2.75) is 85.0 Å². The molecule has 0 aromatic heterocycles. The zero-order valence-corrected chi connectivity index (χ0v) is 15.7. The minimum atomic E-state index is -1.04. The van der Waals surface area contributed by atoms with Crippen LogP contribution in [0.25, 0.3) is 0 Å². The molecule has 2 atom stereocenters. The van der Waals surface area contributed by atoms with Gasteiger partial charge in [0.2, 0.25) is 0 Å². The van der Waals surface area contributed by atoms with Gasteiger partial charge in [0.05, 0.1) is 12.3 Å². The van der Waals surface area contributed by atoms with Crippen LogP contribution in [0.1, 0.15) is 85.0 Å². The molecule has 4 nitrogen and oxygen atoms in total. The minimum Gasteiger partial charge on any atom is -0.481 e. The summed E-state index contributed by atoms with van der Waals surface area (Å²) in [4.78, 5) is 22.4. The third kappa shape index (κ3) is 12.1. The van der Waals surface area contributed by atoms with E-state index in [0.29, 0.717) is 12.3 Å². The van der Waals surface area contributed by atoms with Crippen molar-refractivity contribution in [2.24, 2.45) is 17.8 Å². The SMILES string of the molecule is CCCCCCCCC/C=C/C(CC(C)C)C(CC(=O)O)C(=O)O. The molecule has 0 amide bonds. The number of rotatable bonds is 15. The Kier molecular flexibility index (Phi) is 13.3. The summed E-state index contributed by atoms with van der Waals surface area (Å²) in [5, 5.41) is 18.3. The van der Waals surface area contributed by atoms with Crippen LogP contribution in [0.15, 0.2) is 12.2 Å².